The third-order valence-electron chi connectivity index (χ3n) is 5.61. The van der Waals surface area contributed by atoms with Crippen LogP contribution in [0.1, 0.15) is 40.7 Å². The Balaban J connectivity index is 1.23. The van der Waals surface area contributed by atoms with E-state index < -0.39 is 0 Å². The van der Waals surface area contributed by atoms with Crippen LogP contribution in [0.5, 0.6) is 0 Å². The molecule has 130 valence electrons. The van der Waals surface area contributed by atoms with Crippen molar-refractivity contribution < 1.29 is 9.32 Å². The van der Waals surface area contributed by atoms with Crippen LogP contribution >= 0.6 is 0 Å². The minimum atomic E-state index is -0.0219. The molecule has 2 saturated heterocycles. The van der Waals surface area contributed by atoms with E-state index >= 15 is 0 Å². The van der Waals surface area contributed by atoms with Crippen LogP contribution in [-0.2, 0) is 0 Å². The van der Waals surface area contributed by atoms with E-state index in [1.54, 1.807) is 13.0 Å². The minimum Gasteiger partial charge on any atom is -0.361 e. The molecule has 0 spiro atoms. The maximum absolute atomic E-state index is 12.5. The summed E-state index contributed by atoms with van der Waals surface area (Å²) in [4.78, 5) is 16.7. The van der Waals surface area contributed by atoms with Crippen LogP contribution in [0.25, 0.3) is 0 Å². The van der Waals surface area contributed by atoms with E-state index in [2.05, 4.69) is 32.4 Å². The molecule has 2 aromatic rings. The fraction of sp³-hybridized carbons (Fsp3) is 0.556. The van der Waals surface area contributed by atoms with Gasteiger partial charge in [-0.3, -0.25) is 4.79 Å². The average molecular weight is 339 g/mol. The SMILES string of the molecule is Cc1cc(C(=O)N2CC3CN(c4ccc(C5CC5)nn4)CC3C2)no1. The van der Waals surface area contributed by atoms with Gasteiger partial charge in [0.15, 0.2) is 11.5 Å². The lowest BCUT2D eigenvalue weighted by atomic mass is 10.0. The van der Waals surface area contributed by atoms with Gasteiger partial charge in [-0.15, -0.1) is 5.10 Å². The number of anilines is 1. The quantitative estimate of drug-likeness (QED) is 0.850. The fourth-order valence-electron chi connectivity index (χ4n) is 4.08. The molecule has 25 heavy (non-hydrogen) atoms. The third-order valence-corrected chi connectivity index (χ3v) is 5.61. The molecular weight excluding hydrogens is 318 g/mol. The summed E-state index contributed by atoms with van der Waals surface area (Å²) < 4.78 is 5.02. The van der Waals surface area contributed by atoms with Crippen molar-refractivity contribution in [2.75, 3.05) is 31.1 Å². The van der Waals surface area contributed by atoms with Gasteiger partial charge in [0.2, 0.25) is 0 Å². The summed E-state index contributed by atoms with van der Waals surface area (Å²) in [7, 11) is 0. The third kappa shape index (κ3) is 2.67. The molecule has 2 aliphatic heterocycles. The Bertz CT molecular complexity index is 784. The van der Waals surface area contributed by atoms with Gasteiger partial charge >= 0.3 is 0 Å². The van der Waals surface area contributed by atoms with Crippen LogP contribution in [0.15, 0.2) is 22.7 Å². The summed E-state index contributed by atoms with van der Waals surface area (Å²) in [6.45, 7) is 5.22. The molecule has 5 rings (SSSR count). The van der Waals surface area contributed by atoms with Crippen molar-refractivity contribution in [2.24, 2.45) is 11.8 Å². The smallest absolute Gasteiger partial charge is 0.276 e. The van der Waals surface area contributed by atoms with Gasteiger partial charge in [0.25, 0.3) is 5.91 Å². The van der Waals surface area contributed by atoms with E-state index in [-0.39, 0.29) is 5.91 Å². The molecule has 0 aromatic carbocycles. The number of rotatable bonds is 3. The van der Waals surface area contributed by atoms with Crippen LogP contribution in [0.2, 0.25) is 0 Å². The zero-order valence-electron chi connectivity index (χ0n) is 14.3. The first kappa shape index (κ1) is 14.9. The first-order valence-corrected chi connectivity index (χ1v) is 8.98. The van der Waals surface area contributed by atoms with Crippen molar-refractivity contribution in [1.82, 2.24) is 20.3 Å². The van der Waals surface area contributed by atoms with Gasteiger partial charge in [0.05, 0.1) is 5.69 Å². The molecule has 7 heteroatoms. The number of nitrogens with zero attached hydrogens (tertiary/aromatic N) is 5. The Hall–Kier alpha value is -2.44. The summed E-state index contributed by atoms with van der Waals surface area (Å²) in [5, 5.41) is 12.7. The molecule has 0 radical (unpaired) electrons. The standard InChI is InChI=1S/C18H21N5O2/c1-11-6-16(21-25-11)18(24)23-9-13-7-22(8-14(13)10-23)17-5-4-15(19-20-17)12-2-3-12/h4-6,12-14H,2-3,7-10H2,1H3. The van der Waals surface area contributed by atoms with Crippen molar-refractivity contribution in [3.63, 3.8) is 0 Å². The molecule has 1 aliphatic carbocycles. The highest BCUT2D eigenvalue weighted by molar-refractivity contribution is 5.92. The van der Waals surface area contributed by atoms with Crippen molar-refractivity contribution in [3.05, 3.63) is 35.3 Å². The highest BCUT2D eigenvalue weighted by Crippen LogP contribution is 2.39. The van der Waals surface area contributed by atoms with E-state index in [1.165, 1.54) is 12.8 Å². The number of aromatic nitrogens is 3. The number of carbonyl (C=O) groups excluding carboxylic acids is 1. The first-order valence-electron chi connectivity index (χ1n) is 8.98. The lowest BCUT2D eigenvalue weighted by Crippen LogP contribution is -2.33. The molecule has 1 saturated carbocycles. The molecule has 2 aromatic heterocycles. The maximum atomic E-state index is 12.5. The first-order chi connectivity index (χ1) is 12.2. The second-order valence-electron chi connectivity index (χ2n) is 7.55. The Morgan fingerprint density at radius 3 is 2.44 bits per heavy atom. The van der Waals surface area contributed by atoms with E-state index in [9.17, 15) is 4.79 Å². The monoisotopic (exact) mass is 339 g/mol. The summed E-state index contributed by atoms with van der Waals surface area (Å²) in [6, 6.07) is 5.93. The Morgan fingerprint density at radius 2 is 1.88 bits per heavy atom. The molecule has 2 unspecified atom stereocenters. The molecule has 0 N–H and O–H groups in total. The van der Waals surface area contributed by atoms with Crippen molar-refractivity contribution in [2.45, 2.75) is 25.7 Å². The number of amides is 1. The van der Waals surface area contributed by atoms with E-state index in [4.69, 9.17) is 4.52 Å². The molecule has 2 atom stereocenters. The second-order valence-corrected chi connectivity index (χ2v) is 7.55. The zero-order chi connectivity index (χ0) is 17.0. The minimum absolute atomic E-state index is 0.0219. The summed E-state index contributed by atoms with van der Waals surface area (Å²) >= 11 is 0. The largest absolute Gasteiger partial charge is 0.361 e. The Labute approximate surface area is 146 Å². The number of carbonyl (C=O) groups is 1. The number of hydrogen-bond donors (Lipinski definition) is 0. The van der Waals surface area contributed by atoms with Crippen LogP contribution in [-0.4, -0.2) is 52.3 Å². The average Bonchev–Trinajstić information content (AvgIpc) is 3.06. The Kier molecular flexibility index (Phi) is 3.29. The lowest BCUT2D eigenvalue weighted by Gasteiger charge is -2.21. The number of fused-ring (bicyclic) bond motifs is 1. The second kappa shape index (κ2) is 5.54. The van der Waals surface area contributed by atoms with E-state index in [1.807, 2.05) is 4.90 Å². The fourth-order valence-corrected chi connectivity index (χ4v) is 4.08. The lowest BCUT2D eigenvalue weighted by molar-refractivity contribution is 0.0772. The van der Waals surface area contributed by atoms with Gasteiger partial charge in [-0.2, -0.15) is 5.10 Å². The molecule has 4 heterocycles. The predicted molar refractivity (Wildman–Crippen MR) is 90.3 cm³/mol. The Morgan fingerprint density at radius 1 is 1.12 bits per heavy atom. The highest BCUT2D eigenvalue weighted by atomic mass is 16.5. The van der Waals surface area contributed by atoms with Gasteiger partial charge in [-0.1, -0.05) is 5.16 Å². The van der Waals surface area contributed by atoms with Crippen LogP contribution < -0.4 is 4.90 Å². The highest BCUT2D eigenvalue weighted by Gasteiger charge is 2.42. The van der Waals surface area contributed by atoms with Crippen molar-refractivity contribution >= 4 is 11.7 Å². The predicted octanol–water partition coefficient (Wildman–Crippen LogP) is 1.86. The molecule has 3 aliphatic rings. The molecule has 0 bridgehead atoms. The van der Waals surface area contributed by atoms with Crippen molar-refractivity contribution in [3.8, 4) is 0 Å². The van der Waals surface area contributed by atoms with Gasteiger partial charge in [0, 0.05) is 50.0 Å². The van der Waals surface area contributed by atoms with Gasteiger partial charge in [-0.05, 0) is 31.9 Å². The van der Waals surface area contributed by atoms with Crippen molar-refractivity contribution in [1.29, 1.82) is 0 Å². The van der Waals surface area contributed by atoms with E-state index in [0.717, 1.165) is 37.7 Å². The number of likely N-dealkylation sites (tertiary alicyclic amines) is 1. The van der Waals surface area contributed by atoms with Gasteiger partial charge < -0.3 is 14.3 Å². The van der Waals surface area contributed by atoms with Gasteiger partial charge in [0.1, 0.15) is 5.76 Å². The number of aryl methyl sites for hydroxylation is 1. The maximum Gasteiger partial charge on any atom is 0.276 e. The molecule has 3 fully saturated rings. The molecule has 1 amide bonds. The zero-order valence-corrected chi connectivity index (χ0v) is 14.3. The molecule has 7 nitrogen and oxygen atoms in total. The summed E-state index contributed by atoms with van der Waals surface area (Å²) in [5.74, 6) is 3.22. The van der Waals surface area contributed by atoms with E-state index in [0.29, 0.717) is 29.2 Å². The van der Waals surface area contributed by atoms with Crippen LogP contribution in [0, 0.1) is 18.8 Å². The van der Waals surface area contributed by atoms with Crippen LogP contribution in [0.3, 0.4) is 0 Å². The van der Waals surface area contributed by atoms with Gasteiger partial charge in [-0.25, -0.2) is 0 Å². The summed E-state index contributed by atoms with van der Waals surface area (Å²) in [5.41, 5.74) is 1.54. The van der Waals surface area contributed by atoms with Crippen LogP contribution in [0.4, 0.5) is 5.82 Å². The summed E-state index contributed by atoms with van der Waals surface area (Å²) in [6.07, 6.45) is 2.49. The normalized spacial score (nSPS) is 25.5. The molecular formula is C18H21N5O2. The topological polar surface area (TPSA) is 75.4 Å². The number of hydrogen-bond acceptors (Lipinski definition) is 6.